The number of methoxy groups -OCH3 is 1. The fourth-order valence-corrected chi connectivity index (χ4v) is 3.75. The Morgan fingerprint density at radius 1 is 1.13 bits per heavy atom. The molecule has 3 rings (SSSR count). The summed E-state index contributed by atoms with van der Waals surface area (Å²) in [5.74, 6) is 1.40. The summed E-state index contributed by atoms with van der Waals surface area (Å²) in [5.41, 5.74) is 2.92. The van der Waals surface area contributed by atoms with E-state index in [1.807, 2.05) is 18.2 Å². The van der Waals surface area contributed by atoms with E-state index < -0.39 is 0 Å². The summed E-state index contributed by atoms with van der Waals surface area (Å²) in [4.78, 5) is 4.35. The molecule has 164 valence electrons. The Balaban J connectivity index is 0.00000320. The summed E-state index contributed by atoms with van der Waals surface area (Å²) in [6.07, 6.45) is 1.89. The summed E-state index contributed by atoms with van der Waals surface area (Å²) in [5, 5.41) is 6.81. The number of halogens is 2. The van der Waals surface area contributed by atoms with Crippen LogP contribution in [0.1, 0.15) is 29.5 Å². The van der Waals surface area contributed by atoms with Crippen molar-refractivity contribution in [3.05, 3.63) is 65.0 Å². The standard InChI is InChI=1S/C23H30FN3O2.HI/c1-17-14-18(4-9-21(17)24)15-26-22(25-2)27-16-23(10-12-29-13-11-23)19-5-7-20(28-3)8-6-19;/h4-9,14H,10-13,15-16H2,1-3H3,(H2,25,26,27);1H. The molecule has 0 radical (unpaired) electrons. The topological polar surface area (TPSA) is 54.9 Å². The molecule has 2 aromatic carbocycles. The highest BCUT2D eigenvalue weighted by Gasteiger charge is 2.34. The second kappa shape index (κ2) is 11.5. The van der Waals surface area contributed by atoms with Crippen LogP contribution in [0.2, 0.25) is 0 Å². The van der Waals surface area contributed by atoms with Crippen molar-refractivity contribution in [2.24, 2.45) is 4.99 Å². The third kappa shape index (κ3) is 6.07. The van der Waals surface area contributed by atoms with Gasteiger partial charge in [0.25, 0.3) is 0 Å². The van der Waals surface area contributed by atoms with Crippen molar-refractivity contribution in [2.75, 3.05) is 33.9 Å². The molecule has 0 amide bonds. The van der Waals surface area contributed by atoms with E-state index >= 15 is 0 Å². The van der Waals surface area contributed by atoms with Crippen molar-refractivity contribution in [1.82, 2.24) is 10.6 Å². The van der Waals surface area contributed by atoms with Gasteiger partial charge in [-0.2, -0.15) is 0 Å². The molecule has 30 heavy (non-hydrogen) atoms. The lowest BCUT2D eigenvalue weighted by Gasteiger charge is -2.38. The molecule has 0 spiro atoms. The van der Waals surface area contributed by atoms with Crippen LogP contribution in [-0.4, -0.2) is 39.9 Å². The number of nitrogens with one attached hydrogen (secondary N) is 2. The summed E-state index contributed by atoms with van der Waals surface area (Å²) in [6.45, 7) is 4.60. The van der Waals surface area contributed by atoms with Gasteiger partial charge in [-0.1, -0.05) is 24.3 Å². The van der Waals surface area contributed by atoms with Crippen LogP contribution in [0.25, 0.3) is 0 Å². The molecule has 2 aromatic rings. The van der Waals surface area contributed by atoms with Gasteiger partial charge in [-0.25, -0.2) is 4.39 Å². The third-order valence-corrected chi connectivity index (χ3v) is 5.65. The van der Waals surface area contributed by atoms with Gasteiger partial charge in [0.15, 0.2) is 5.96 Å². The molecule has 0 aliphatic carbocycles. The van der Waals surface area contributed by atoms with E-state index in [-0.39, 0.29) is 35.2 Å². The van der Waals surface area contributed by atoms with Gasteiger partial charge in [-0.15, -0.1) is 24.0 Å². The highest BCUT2D eigenvalue weighted by Crippen LogP contribution is 2.35. The number of ether oxygens (including phenoxy) is 2. The van der Waals surface area contributed by atoms with Crippen LogP contribution in [0.4, 0.5) is 4.39 Å². The van der Waals surface area contributed by atoms with E-state index in [0.29, 0.717) is 12.1 Å². The lowest BCUT2D eigenvalue weighted by Crippen LogP contribution is -2.47. The molecule has 0 bridgehead atoms. The maximum Gasteiger partial charge on any atom is 0.191 e. The zero-order valence-corrected chi connectivity index (χ0v) is 20.2. The molecule has 1 saturated heterocycles. The second-order valence-corrected chi connectivity index (χ2v) is 7.48. The van der Waals surface area contributed by atoms with E-state index in [2.05, 4.69) is 27.8 Å². The van der Waals surface area contributed by atoms with Crippen molar-refractivity contribution in [2.45, 2.75) is 31.7 Å². The molecule has 0 atom stereocenters. The molecule has 1 fully saturated rings. The zero-order chi connectivity index (χ0) is 20.7. The van der Waals surface area contributed by atoms with E-state index in [1.54, 1.807) is 27.1 Å². The van der Waals surface area contributed by atoms with E-state index in [1.165, 1.54) is 11.6 Å². The monoisotopic (exact) mass is 527 g/mol. The van der Waals surface area contributed by atoms with E-state index in [9.17, 15) is 4.39 Å². The minimum atomic E-state index is -0.183. The molecule has 0 aromatic heterocycles. The fourth-order valence-electron chi connectivity index (χ4n) is 3.75. The largest absolute Gasteiger partial charge is 0.497 e. The van der Waals surface area contributed by atoms with Crippen molar-refractivity contribution in [1.29, 1.82) is 0 Å². The van der Waals surface area contributed by atoms with Crippen LogP contribution in [0.5, 0.6) is 5.75 Å². The van der Waals surface area contributed by atoms with Crippen LogP contribution in [0, 0.1) is 12.7 Å². The van der Waals surface area contributed by atoms with Crippen LogP contribution >= 0.6 is 24.0 Å². The van der Waals surface area contributed by atoms with Gasteiger partial charge in [0, 0.05) is 38.8 Å². The lowest BCUT2D eigenvalue weighted by atomic mass is 9.74. The van der Waals surface area contributed by atoms with E-state index in [0.717, 1.165) is 49.9 Å². The minimum Gasteiger partial charge on any atom is -0.497 e. The van der Waals surface area contributed by atoms with Gasteiger partial charge in [0.2, 0.25) is 0 Å². The van der Waals surface area contributed by atoms with Crippen LogP contribution in [0.15, 0.2) is 47.5 Å². The molecule has 5 nitrogen and oxygen atoms in total. The van der Waals surface area contributed by atoms with Gasteiger partial charge in [-0.3, -0.25) is 4.99 Å². The van der Waals surface area contributed by atoms with Gasteiger partial charge in [-0.05, 0) is 54.7 Å². The molecular weight excluding hydrogens is 496 g/mol. The average molecular weight is 527 g/mol. The maximum absolute atomic E-state index is 13.5. The smallest absolute Gasteiger partial charge is 0.191 e. The lowest BCUT2D eigenvalue weighted by molar-refractivity contribution is 0.0513. The van der Waals surface area contributed by atoms with Crippen molar-refractivity contribution >= 4 is 29.9 Å². The Hall–Kier alpha value is -1.87. The van der Waals surface area contributed by atoms with Crippen LogP contribution in [-0.2, 0) is 16.7 Å². The summed E-state index contributed by atoms with van der Waals surface area (Å²) >= 11 is 0. The number of rotatable bonds is 6. The Labute approximate surface area is 195 Å². The Morgan fingerprint density at radius 2 is 1.83 bits per heavy atom. The number of nitrogens with zero attached hydrogens (tertiary/aromatic N) is 1. The third-order valence-electron chi connectivity index (χ3n) is 5.65. The number of hydrogen-bond donors (Lipinski definition) is 2. The van der Waals surface area contributed by atoms with Gasteiger partial charge in [0.05, 0.1) is 7.11 Å². The number of aliphatic imine (C=N–C) groups is 1. The number of guanidine groups is 1. The molecule has 2 N–H and O–H groups in total. The first-order valence-electron chi connectivity index (χ1n) is 9.98. The van der Waals surface area contributed by atoms with Crippen molar-refractivity contribution in [3.63, 3.8) is 0 Å². The molecule has 1 heterocycles. The Kier molecular flexibility index (Phi) is 9.36. The Morgan fingerprint density at radius 3 is 2.43 bits per heavy atom. The predicted molar refractivity (Wildman–Crippen MR) is 129 cm³/mol. The number of benzene rings is 2. The number of aryl methyl sites for hydroxylation is 1. The molecule has 1 aliphatic rings. The second-order valence-electron chi connectivity index (χ2n) is 7.48. The average Bonchev–Trinajstić information content (AvgIpc) is 2.77. The van der Waals surface area contributed by atoms with Crippen LogP contribution < -0.4 is 15.4 Å². The molecule has 0 saturated carbocycles. The minimum absolute atomic E-state index is 0. The fraction of sp³-hybridized carbons (Fsp3) is 0.435. The maximum atomic E-state index is 13.5. The summed E-state index contributed by atoms with van der Waals surface area (Å²) in [6, 6.07) is 13.5. The first-order valence-corrected chi connectivity index (χ1v) is 9.98. The van der Waals surface area contributed by atoms with Gasteiger partial charge < -0.3 is 20.1 Å². The first-order chi connectivity index (χ1) is 14.1. The predicted octanol–water partition coefficient (Wildman–Crippen LogP) is 4.17. The van der Waals surface area contributed by atoms with Crippen molar-refractivity contribution < 1.29 is 13.9 Å². The molecular formula is C23H31FIN3O2. The normalized spacial score (nSPS) is 15.8. The zero-order valence-electron chi connectivity index (χ0n) is 17.8. The van der Waals surface area contributed by atoms with Gasteiger partial charge in [0.1, 0.15) is 11.6 Å². The first kappa shape index (κ1) is 24.4. The summed E-state index contributed by atoms with van der Waals surface area (Å²) < 4.78 is 24.4. The summed E-state index contributed by atoms with van der Waals surface area (Å²) in [7, 11) is 3.44. The SMILES string of the molecule is CN=C(NCc1ccc(F)c(C)c1)NCC1(c2ccc(OC)cc2)CCOCC1.I. The highest BCUT2D eigenvalue weighted by atomic mass is 127. The quantitative estimate of drug-likeness (QED) is 0.337. The number of hydrogen-bond acceptors (Lipinski definition) is 3. The van der Waals surface area contributed by atoms with Crippen LogP contribution in [0.3, 0.4) is 0 Å². The van der Waals surface area contributed by atoms with Gasteiger partial charge >= 0.3 is 0 Å². The highest BCUT2D eigenvalue weighted by molar-refractivity contribution is 14.0. The van der Waals surface area contributed by atoms with Crippen molar-refractivity contribution in [3.8, 4) is 5.75 Å². The Bertz CT molecular complexity index is 837. The van der Waals surface area contributed by atoms with E-state index in [4.69, 9.17) is 9.47 Å². The molecule has 0 unspecified atom stereocenters. The molecule has 7 heteroatoms. The molecule has 1 aliphatic heterocycles.